The van der Waals surface area contributed by atoms with Gasteiger partial charge in [-0.25, -0.2) is 0 Å². The van der Waals surface area contributed by atoms with Gasteiger partial charge in [-0.1, -0.05) is 17.7 Å². The van der Waals surface area contributed by atoms with Crippen molar-refractivity contribution in [1.29, 1.82) is 0 Å². The Hall–Kier alpha value is -0.600. The van der Waals surface area contributed by atoms with Crippen LogP contribution in [0.25, 0.3) is 0 Å². The average Bonchev–Trinajstić information content (AvgIpc) is 2.37. The van der Waals surface area contributed by atoms with Gasteiger partial charge in [0.2, 0.25) is 0 Å². The van der Waals surface area contributed by atoms with E-state index in [0.29, 0.717) is 0 Å². The molecule has 0 aromatic carbocycles. The molecular weight excluding hydrogens is 212 g/mol. The third kappa shape index (κ3) is 2.34. The molecule has 17 heavy (non-hydrogen) atoms. The van der Waals surface area contributed by atoms with Gasteiger partial charge in [0.25, 0.3) is 0 Å². The lowest BCUT2D eigenvalue weighted by Gasteiger charge is -2.34. The highest BCUT2D eigenvalue weighted by Crippen LogP contribution is 2.46. The van der Waals surface area contributed by atoms with E-state index >= 15 is 0 Å². The Morgan fingerprint density at radius 3 is 2.59 bits per heavy atom. The molecule has 0 saturated heterocycles. The number of allylic oxidation sites excluding steroid dienone is 2. The molecule has 0 heterocycles. The Bertz CT molecular complexity index is 369. The highest BCUT2D eigenvalue weighted by atomic mass is 16.3. The molecule has 2 heteroatoms. The molecule has 96 valence electrons. The lowest BCUT2D eigenvalue weighted by atomic mass is 9.76. The molecule has 3 atom stereocenters. The van der Waals surface area contributed by atoms with Crippen LogP contribution in [0.5, 0.6) is 0 Å². The van der Waals surface area contributed by atoms with E-state index < -0.39 is 11.2 Å². The summed E-state index contributed by atoms with van der Waals surface area (Å²) >= 11 is 0. The maximum atomic E-state index is 10.5. The smallest absolute Gasteiger partial charge is 0.0722 e. The van der Waals surface area contributed by atoms with Crippen LogP contribution in [-0.4, -0.2) is 21.4 Å². The molecule has 2 aliphatic rings. The first-order valence-electron chi connectivity index (χ1n) is 6.54. The summed E-state index contributed by atoms with van der Waals surface area (Å²) in [4.78, 5) is 0. The molecule has 0 amide bonds. The van der Waals surface area contributed by atoms with Crippen LogP contribution in [0.2, 0.25) is 0 Å². The first-order chi connectivity index (χ1) is 7.72. The van der Waals surface area contributed by atoms with Crippen molar-refractivity contribution in [1.82, 2.24) is 0 Å². The molecule has 0 aliphatic heterocycles. The molecule has 0 spiro atoms. The summed E-state index contributed by atoms with van der Waals surface area (Å²) < 4.78 is 0. The highest BCUT2D eigenvalue weighted by molar-refractivity contribution is 5.38. The second kappa shape index (κ2) is 3.96. The van der Waals surface area contributed by atoms with Gasteiger partial charge in [0.1, 0.15) is 0 Å². The molecule has 0 radical (unpaired) electrons. The van der Waals surface area contributed by atoms with E-state index in [9.17, 15) is 10.2 Å². The minimum Gasteiger partial charge on any atom is -0.390 e. The standard InChI is InChI=1S/C15H24O2/c1-10-5-6-11(14(2,3)16)9-13-12(10)7-8-15(13,4)17/h5,7,11,13,16-17H,6,8-9H2,1-4H3/t11-,13-,15+/m1/s1. The predicted octanol–water partition coefficient (Wildman–Crippen LogP) is 2.81. The van der Waals surface area contributed by atoms with Gasteiger partial charge < -0.3 is 10.2 Å². The number of hydrogen-bond donors (Lipinski definition) is 2. The van der Waals surface area contributed by atoms with E-state index in [4.69, 9.17) is 0 Å². The highest BCUT2D eigenvalue weighted by Gasteiger charge is 2.43. The monoisotopic (exact) mass is 236 g/mol. The SMILES string of the molecule is CC1=CC[C@@H](C(C)(C)O)C[C@@H]2C1=CC[C@]2(C)O. The molecule has 0 bridgehead atoms. The summed E-state index contributed by atoms with van der Waals surface area (Å²) in [5.74, 6) is 0.399. The fourth-order valence-corrected chi connectivity index (χ4v) is 3.15. The summed E-state index contributed by atoms with van der Waals surface area (Å²) in [6.07, 6.45) is 6.89. The van der Waals surface area contributed by atoms with Crippen LogP contribution in [0.1, 0.15) is 47.0 Å². The zero-order valence-corrected chi connectivity index (χ0v) is 11.3. The van der Waals surface area contributed by atoms with E-state index in [1.165, 1.54) is 11.1 Å². The second-order valence-electron chi connectivity index (χ2n) is 6.48. The Morgan fingerprint density at radius 1 is 1.35 bits per heavy atom. The Balaban J connectivity index is 2.32. The largest absolute Gasteiger partial charge is 0.390 e. The first kappa shape index (κ1) is 12.8. The van der Waals surface area contributed by atoms with Crippen molar-refractivity contribution >= 4 is 0 Å². The van der Waals surface area contributed by atoms with E-state index in [0.717, 1.165) is 19.3 Å². The number of fused-ring (bicyclic) bond motifs is 1. The molecule has 0 fully saturated rings. The summed E-state index contributed by atoms with van der Waals surface area (Å²) in [6.45, 7) is 7.78. The third-order valence-electron chi connectivity index (χ3n) is 4.54. The molecule has 2 nitrogen and oxygen atoms in total. The van der Waals surface area contributed by atoms with Crippen molar-refractivity contribution < 1.29 is 10.2 Å². The van der Waals surface area contributed by atoms with Gasteiger partial charge in [0.15, 0.2) is 0 Å². The lowest BCUT2D eigenvalue weighted by Crippen LogP contribution is -2.37. The van der Waals surface area contributed by atoms with Crippen molar-refractivity contribution in [2.24, 2.45) is 11.8 Å². The van der Waals surface area contributed by atoms with Gasteiger partial charge in [0, 0.05) is 5.92 Å². The number of aliphatic hydroxyl groups is 2. The van der Waals surface area contributed by atoms with E-state index in [1.807, 2.05) is 20.8 Å². The van der Waals surface area contributed by atoms with Crippen LogP contribution in [0.15, 0.2) is 23.3 Å². The first-order valence-corrected chi connectivity index (χ1v) is 6.54. The van der Waals surface area contributed by atoms with Gasteiger partial charge in [-0.05, 0) is 58.4 Å². The van der Waals surface area contributed by atoms with Crippen LogP contribution in [0.3, 0.4) is 0 Å². The zero-order chi connectivity index (χ0) is 12.8. The Kier molecular flexibility index (Phi) is 2.99. The van der Waals surface area contributed by atoms with Crippen molar-refractivity contribution in [3.05, 3.63) is 23.3 Å². The fourth-order valence-electron chi connectivity index (χ4n) is 3.15. The second-order valence-corrected chi connectivity index (χ2v) is 6.48. The molecule has 0 saturated carbocycles. The molecule has 2 rings (SSSR count). The lowest BCUT2D eigenvalue weighted by molar-refractivity contribution is -0.0223. The molecule has 2 aliphatic carbocycles. The minimum atomic E-state index is -0.676. The van der Waals surface area contributed by atoms with E-state index in [1.54, 1.807) is 0 Å². The minimum absolute atomic E-state index is 0.178. The van der Waals surface area contributed by atoms with Crippen LogP contribution in [0.4, 0.5) is 0 Å². The van der Waals surface area contributed by atoms with Crippen LogP contribution < -0.4 is 0 Å². The normalized spacial score (nSPS) is 38.2. The van der Waals surface area contributed by atoms with Gasteiger partial charge in [-0.3, -0.25) is 0 Å². The van der Waals surface area contributed by atoms with Crippen molar-refractivity contribution in [3.63, 3.8) is 0 Å². The Labute approximate surface area is 104 Å². The molecular formula is C15H24O2. The average molecular weight is 236 g/mol. The van der Waals surface area contributed by atoms with Gasteiger partial charge in [0.05, 0.1) is 11.2 Å². The van der Waals surface area contributed by atoms with E-state index in [-0.39, 0.29) is 11.8 Å². The fraction of sp³-hybridized carbons (Fsp3) is 0.733. The van der Waals surface area contributed by atoms with Crippen LogP contribution in [-0.2, 0) is 0 Å². The van der Waals surface area contributed by atoms with Crippen LogP contribution >= 0.6 is 0 Å². The van der Waals surface area contributed by atoms with Crippen molar-refractivity contribution in [2.75, 3.05) is 0 Å². The summed E-state index contributed by atoms with van der Waals surface area (Å²) in [7, 11) is 0. The Morgan fingerprint density at radius 2 is 2.00 bits per heavy atom. The summed E-state index contributed by atoms with van der Waals surface area (Å²) in [6, 6.07) is 0. The van der Waals surface area contributed by atoms with Crippen molar-refractivity contribution in [3.8, 4) is 0 Å². The zero-order valence-electron chi connectivity index (χ0n) is 11.3. The summed E-state index contributed by atoms with van der Waals surface area (Å²) in [5.41, 5.74) is 1.25. The number of rotatable bonds is 1. The van der Waals surface area contributed by atoms with Gasteiger partial charge in [-0.15, -0.1) is 0 Å². The van der Waals surface area contributed by atoms with E-state index in [2.05, 4.69) is 19.1 Å². The topological polar surface area (TPSA) is 40.5 Å². The van der Waals surface area contributed by atoms with Gasteiger partial charge >= 0.3 is 0 Å². The molecule has 2 N–H and O–H groups in total. The van der Waals surface area contributed by atoms with Crippen LogP contribution in [0, 0.1) is 11.8 Å². The predicted molar refractivity (Wildman–Crippen MR) is 69.6 cm³/mol. The van der Waals surface area contributed by atoms with Crippen molar-refractivity contribution in [2.45, 2.75) is 58.2 Å². The molecule has 0 aromatic rings. The quantitative estimate of drug-likeness (QED) is 0.735. The number of hydrogen-bond acceptors (Lipinski definition) is 2. The third-order valence-corrected chi connectivity index (χ3v) is 4.54. The summed E-state index contributed by atoms with van der Waals surface area (Å²) in [5, 5.41) is 20.7. The maximum Gasteiger partial charge on any atom is 0.0722 e. The van der Waals surface area contributed by atoms with Gasteiger partial charge in [-0.2, -0.15) is 0 Å². The molecule has 0 aromatic heterocycles. The maximum absolute atomic E-state index is 10.5. The molecule has 0 unspecified atom stereocenters.